The molecule has 128 valence electrons. The Bertz CT molecular complexity index is 830. The zero-order valence-corrected chi connectivity index (χ0v) is 14.1. The van der Waals surface area contributed by atoms with Crippen molar-refractivity contribution in [2.24, 2.45) is 16.8 Å². The van der Waals surface area contributed by atoms with Crippen LogP contribution in [-0.4, -0.2) is 17.5 Å². The molecule has 0 spiro atoms. The van der Waals surface area contributed by atoms with Gasteiger partial charge in [-0.3, -0.25) is 9.59 Å². The highest BCUT2D eigenvalue weighted by atomic mass is 19.1. The molecule has 0 saturated heterocycles. The van der Waals surface area contributed by atoms with Gasteiger partial charge < -0.3 is 5.32 Å². The van der Waals surface area contributed by atoms with E-state index in [1.54, 1.807) is 30.4 Å². The maximum atomic E-state index is 12.9. The number of halogens is 1. The average molecular weight is 338 g/mol. The molecule has 25 heavy (non-hydrogen) atoms. The Morgan fingerprint density at radius 3 is 2.64 bits per heavy atom. The molecule has 1 N–H and O–H groups in total. The smallest absolute Gasteiger partial charge is 0.250 e. The van der Waals surface area contributed by atoms with Crippen LogP contribution in [0.5, 0.6) is 0 Å². The van der Waals surface area contributed by atoms with E-state index in [1.807, 2.05) is 19.9 Å². The molecule has 1 unspecified atom stereocenters. The Labute approximate surface area is 145 Å². The van der Waals surface area contributed by atoms with E-state index < -0.39 is 0 Å². The van der Waals surface area contributed by atoms with Gasteiger partial charge in [0.1, 0.15) is 5.82 Å². The second-order valence-electron chi connectivity index (χ2n) is 6.46. The number of carbonyl (C=O) groups is 2. The SMILES string of the molecule is CC(C)C1=CC(=O)NC2=CC(=NC(=O)Cc3ccc(F)cc3)C=CC21. The van der Waals surface area contributed by atoms with Crippen molar-refractivity contribution in [2.45, 2.75) is 20.3 Å². The fourth-order valence-electron chi connectivity index (χ4n) is 2.98. The molecular weight excluding hydrogens is 319 g/mol. The van der Waals surface area contributed by atoms with Gasteiger partial charge in [0, 0.05) is 17.7 Å². The number of hydrogen-bond donors (Lipinski definition) is 1. The molecule has 0 radical (unpaired) electrons. The molecule has 1 aliphatic carbocycles. The first-order valence-corrected chi connectivity index (χ1v) is 8.20. The van der Waals surface area contributed by atoms with Crippen molar-refractivity contribution in [3.63, 3.8) is 0 Å². The number of amides is 2. The lowest BCUT2D eigenvalue weighted by atomic mass is 9.82. The van der Waals surface area contributed by atoms with Gasteiger partial charge in [0.05, 0.1) is 12.1 Å². The Hall–Kier alpha value is -2.82. The molecular formula is C20H19FN2O2. The van der Waals surface area contributed by atoms with Gasteiger partial charge in [-0.15, -0.1) is 0 Å². The Morgan fingerprint density at radius 2 is 1.96 bits per heavy atom. The molecule has 1 atom stereocenters. The lowest BCUT2D eigenvalue weighted by molar-refractivity contribution is -0.117. The van der Waals surface area contributed by atoms with Crippen LogP contribution in [-0.2, 0) is 16.0 Å². The summed E-state index contributed by atoms with van der Waals surface area (Å²) in [6.45, 7) is 4.09. The molecule has 4 nitrogen and oxygen atoms in total. The standard InChI is InChI=1S/C20H19FN2O2/c1-12(2)17-11-20(25)23-18-10-15(7-8-16(17)18)22-19(24)9-13-3-5-14(21)6-4-13/h3-8,10-12,16H,9H2,1-2H3,(H,23,25). The molecule has 2 aliphatic rings. The summed E-state index contributed by atoms with van der Waals surface area (Å²) in [5.41, 5.74) is 3.00. The summed E-state index contributed by atoms with van der Waals surface area (Å²) in [6, 6.07) is 5.78. The number of fused-ring (bicyclic) bond motifs is 1. The van der Waals surface area contributed by atoms with E-state index in [1.165, 1.54) is 12.1 Å². The van der Waals surface area contributed by atoms with Crippen LogP contribution in [0.25, 0.3) is 0 Å². The predicted octanol–water partition coefficient (Wildman–Crippen LogP) is 3.12. The van der Waals surface area contributed by atoms with Crippen molar-refractivity contribution < 1.29 is 14.0 Å². The third-order valence-electron chi connectivity index (χ3n) is 4.21. The predicted molar refractivity (Wildman–Crippen MR) is 94.3 cm³/mol. The van der Waals surface area contributed by atoms with Gasteiger partial charge in [0.2, 0.25) is 5.91 Å². The van der Waals surface area contributed by atoms with E-state index in [2.05, 4.69) is 10.3 Å². The summed E-state index contributed by atoms with van der Waals surface area (Å²) in [5.74, 6) is -0.538. The lowest BCUT2D eigenvalue weighted by Crippen LogP contribution is -2.34. The van der Waals surface area contributed by atoms with E-state index in [0.717, 1.165) is 11.3 Å². The third kappa shape index (κ3) is 3.99. The van der Waals surface area contributed by atoms with Crippen LogP contribution in [0.2, 0.25) is 0 Å². The maximum Gasteiger partial charge on any atom is 0.250 e. The molecule has 1 aromatic rings. The first-order chi connectivity index (χ1) is 11.9. The monoisotopic (exact) mass is 338 g/mol. The van der Waals surface area contributed by atoms with E-state index in [-0.39, 0.29) is 35.9 Å². The summed E-state index contributed by atoms with van der Waals surface area (Å²) in [5, 5.41) is 2.82. The Balaban J connectivity index is 1.77. The van der Waals surface area contributed by atoms with Crippen molar-refractivity contribution in [3.8, 4) is 0 Å². The fourth-order valence-corrected chi connectivity index (χ4v) is 2.98. The van der Waals surface area contributed by atoms with E-state index in [9.17, 15) is 14.0 Å². The fraction of sp³-hybridized carbons (Fsp3) is 0.250. The first-order valence-electron chi connectivity index (χ1n) is 8.20. The van der Waals surface area contributed by atoms with E-state index in [0.29, 0.717) is 11.3 Å². The van der Waals surface area contributed by atoms with Crippen LogP contribution in [0.3, 0.4) is 0 Å². The Morgan fingerprint density at radius 1 is 1.24 bits per heavy atom. The third-order valence-corrected chi connectivity index (χ3v) is 4.21. The first kappa shape index (κ1) is 17.0. The summed E-state index contributed by atoms with van der Waals surface area (Å²) in [4.78, 5) is 28.0. The van der Waals surface area contributed by atoms with Gasteiger partial charge in [0.25, 0.3) is 5.91 Å². The Kier molecular flexibility index (Phi) is 4.74. The minimum absolute atomic E-state index is 0.0175. The van der Waals surface area contributed by atoms with Gasteiger partial charge in [-0.1, -0.05) is 32.1 Å². The van der Waals surface area contributed by atoms with Crippen molar-refractivity contribution in [1.29, 1.82) is 0 Å². The maximum absolute atomic E-state index is 12.9. The lowest BCUT2D eigenvalue weighted by Gasteiger charge is -2.29. The van der Waals surface area contributed by atoms with Crippen molar-refractivity contribution in [3.05, 3.63) is 71.2 Å². The summed E-state index contributed by atoms with van der Waals surface area (Å²) in [6.07, 6.45) is 7.22. The molecule has 1 heterocycles. The molecule has 0 bridgehead atoms. The van der Waals surface area contributed by atoms with Crippen LogP contribution in [0.1, 0.15) is 19.4 Å². The second kappa shape index (κ2) is 6.97. The van der Waals surface area contributed by atoms with Crippen molar-refractivity contribution in [1.82, 2.24) is 5.32 Å². The minimum atomic E-state index is -0.337. The summed E-state index contributed by atoms with van der Waals surface area (Å²) >= 11 is 0. The average Bonchev–Trinajstić information content (AvgIpc) is 2.55. The number of allylic oxidation sites excluding steroid dienone is 3. The van der Waals surface area contributed by atoms with Gasteiger partial charge in [0.15, 0.2) is 0 Å². The second-order valence-corrected chi connectivity index (χ2v) is 6.46. The van der Waals surface area contributed by atoms with Crippen LogP contribution in [0, 0.1) is 17.7 Å². The molecule has 5 heteroatoms. The molecule has 3 rings (SSSR count). The number of benzene rings is 1. The van der Waals surface area contributed by atoms with Gasteiger partial charge in [-0.05, 0) is 41.3 Å². The van der Waals surface area contributed by atoms with Crippen molar-refractivity contribution in [2.75, 3.05) is 0 Å². The van der Waals surface area contributed by atoms with Crippen LogP contribution in [0.4, 0.5) is 4.39 Å². The molecule has 1 aliphatic heterocycles. The van der Waals surface area contributed by atoms with Gasteiger partial charge in [-0.2, -0.15) is 0 Å². The molecule has 2 amide bonds. The highest BCUT2D eigenvalue weighted by Gasteiger charge is 2.27. The minimum Gasteiger partial charge on any atom is -0.325 e. The van der Waals surface area contributed by atoms with Crippen LogP contribution >= 0.6 is 0 Å². The number of hydrogen-bond acceptors (Lipinski definition) is 2. The van der Waals surface area contributed by atoms with Crippen LogP contribution < -0.4 is 5.32 Å². The number of nitrogens with zero attached hydrogens (tertiary/aromatic N) is 1. The molecule has 0 saturated carbocycles. The number of carbonyl (C=O) groups excluding carboxylic acids is 2. The highest BCUT2D eigenvalue weighted by Crippen LogP contribution is 2.31. The van der Waals surface area contributed by atoms with Crippen molar-refractivity contribution >= 4 is 17.5 Å². The number of rotatable bonds is 3. The molecule has 0 aromatic heterocycles. The summed E-state index contributed by atoms with van der Waals surface area (Å²) < 4.78 is 12.9. The zero-order valence-electron chi connectivity index (χ0n) is 14.1. The normalized spacial score (nSPS) is 20.9. The number of aliphatic imine (C=N–C) groups is 1. The topological polar surface area (TPSA) is 58.5 Å². The van der Waals surface area contributed by atoms with Crippen LogP contribution in [0.15, 0.2) is 64.8 Å². The largest absolute Gasteiger partial charge is 0.325 e. The molecule has 1 aromatic carbocycles. The van der Waals surface area contributed by atoms with Gasteiger partial charge >= 0.3 is 0 Å². The number of nitrogens with one attached hydrogen (secondary N) is 1. The van der Waals surface area contributed by atoms with E-state index >= 15 is 0 Å². The highest BCUT2D eigenvalue weighted by molar-refractivity contribution is 6.11. The molecule has 0 fully saturated rings. The van der Waals surface area contributed by atoms with Gasteiger partial charge in [-0.25, -0.2) is 9.38 Å². The summed E-state index contributed by atoms with van der Waals surface area (Å²) in [7, 11) is 0. The quantitative estimate of drug-likeness (QED) is 0.920. The zero-order chi connectivity index (χ0) is 18.0. The van der Waals surface area contributed by atoms with E-state index in [4.69, 9.17) is 0 Å².